The summed E-state index contributed by atoms with van der Waals surface area (Å²) in [5.41, 5.74) is 4.27. The van der Waals surface area contributed by atoms with Crippen molar-refractivity contribution in [1.82, 2.24) is 15.0 Å². The van der Waals surface area contributed by atoms with E-state index in [4.69, 9.17) is 0 Å². The Labute approximate surface area is 135 Å². The van der Waals surface area contributed by atoms with Crippen molar-refractivity contribution < 1.29 is 5.11 Å². The van der Waals surface area contributed by atoms with Gasteiger partial charge in [-0.2, -0.15) is 0 Å². The fourth-order valence-corrected chi connectivity index (χ4v) is 2.53. The van der Waals surface area contributed by atoms with E-state index in [2.05, 4.69) is 21.9 Å². The largest absolute Gasteiger partial charge is 0.390 e. The van der Waals surface area contributed by atoms with E-state index in [9.17, 15) is 5.11 Å². The smallest absolute Gasteiger partial charge is 0.157 e. The van der Waals surface area contributed by atoms with Gasteiger partial charge in [-0.1, -0.05) is 55.8 Å². The number of aromatic nitrogens is 3. The molecule has 4 nitrogen and oxygen atoms in total. The average molecular weight is 307 g/mol. The van der Waals surface area contributed by atoms with Crippen molar-refractivity contribution >= 4 is 23.3 Å². The highest BCUT2D eigenvalue weighted by atomic mass is 16.3. The fourth-order valence-electron chi connectivity index (χ4n) is 2.53. The monoisotopic (exact) mass is 307 g/mol. The van der Waals surface area contributed by atoms with Crippen LogP contribution >= 0.6 is 0 Å². The number of pyridine rings is 1. The van der Waals surface area contributed by atoms with Gasteiger partial charge in [-0.3, -0.25) is 0 Å². The highest BCUT2D eigenvalue weighted by Crippen LogP contribution is 2.18. The number of imidazole rings is 1. The number of unbranched alkanes of at least 4 members (excludes halogenated alkanes) is 1. The molecule has 118 valence electrons. The predicted octanol–water partition coefficient (Wildman–Crippen LogP) is 3.96. The van der Waals surface area contributed by atoms with Gasteiger partial charge in [-0.05, 0) is 18.1 Å². The summed E-state index contributed by atoms with van der Waals surface area (Å²) in [4.78, 5) is 12.4. The van der Waals surface area contributed by atoms with Crippen LogP contribution in [0.4, 0.5) is 0 Å². The lowest BCUT2D eigenvalue weighted by molar-refractivity contribution is 0.277. The lowest BCUT2D eigenvalue weighted by Gasteiger charge is -2.02. The third-order valence-corrected chi connectivity index (χ3v) is 3.80. The zero-order chi connectivity index (χ0) is 16.1. The molecule has 0 saturated heterocycles. The molecule has 0 bridgehead atoms. The second-order valence-electron chi connectivity index (χ2n) is 5.58. The van der Waals surface area contributed by atoms with Gasteiger partial charge in [0.25, 0.3) is 0 Å². The van der Waals surface area contributed by atoms with Crippen LogP contribution in [0, 0.1) is 0 Å². The van der Waals surface area contributed by atoms with E-state index < -0.39 is 0 Å². The Balaban J connectivity index is 1.93. The number of aliphatic hydroxyl groups is 1. The quantitative estimate of drug-likeness (QED) is 0.724. The molecule has 1 aromatic carbocycles. The van der Waals surface area contributed by atoms with Crippen LogP contribution in [-0.2, 0) is 13.0 Å². The first-order valence-corrected chi connectivity index (χ1v) is 8.02. The summed E-state index contributed by atoms with van der Waals surface area (Å²) in [7, 11) is 0. The fraction of sp³-hybridized carbons (Fsp3) is 0.263. The summed E-state index contributed by atoms with van der Waals surface area (Å²) in [6.45, 7) is 2.07. The van der Waals surface area contributed by atoms with Crippen LogP contribution in [0.1, 0.15) is 42.4 Å². The van der Waals surface area contributed by atoms with E-state index in [0.29, 0.717) is 5.69 Å². The molecule has 2 N–H and O–H groups in total. The van der Waals surface area contributed by atoms with Gasteiger partial charge in [0.2, 0.25) is 0 Å². The number of aryl methyl sites for hydroxylation is 1. The van der Waals surface area contributed by atoms with Crippen molar-refractivity contribution in [2.75, 3.05) is 0 Å². The SMILES string of the molecule is CCCCc1nc2cc(/C=C/c3ccccc3)c(CO)nc2[nH]1. The van der Waals surface area contributed by atoms with Gasteiger partial charge in [0.15, 0.2) is 5.65 Å². The Bertz CT molecular complexity index is 806. The van der Waals surface area contributed by atoms with E-state index in [-0.39, 0.29) is 6.61 Å². The summed E-state index contributed by atoms with van der Waals surface area (Å²) in [5, 5.41) is 9.59. The van der Waals surface area contributed by atoms with Crippen molar-refractivity contribution in [3.63, 3.8) is 0 Å². The minimum absolute atomic E-state index is 0.0896. The maximum atomic E-state index is 9.59. The zero-order valence-corrected chi connectivity index (χ0v) is 13.3. The van der Waals surface area contributed by atoms with Crippen LogP contribution in [0.3, 0.4) is 0 Å². The number of rotatable bonds is 6. The second kappa shape index (κ2) is 7.20. The third kappa shape index (κ3) is 3.66. The van der Waals surface area contributed by atoms with Crippen LogP contribution in [0.15, 0.2) is 36.4 Å². The standard InChI is InChI=1S/C19H21N3O/c1-2-3-9-18-20-16-12-15(17(13-23)21-19(16)22-18)11-10-14-7-5-4-6-8-14/h4-8,10-12,23H,2-3,9,13H2,1H3,(H,20,21,22)/b11-10+. The van der Waals surface area contributed by atoms with E-state index in [1.54, 1.807) is 0 Å². The normalized spacial score (nSPS) is 11.6. The molecule has 23 heavy (non-hydrogen) atoms. The van der Waals surface area contributed by atoms with Gasteiger partial charge >= 0.3 is 0 Å². The number of hydrogen-bond acceptors (Lipinski definition) is 3. The van der Waals surface area contributed by atoms with Crippen molar-refractivity contribution in [3.8, 4) is 0 Å². The predicted molar refractivity (Wildman–Crippen MR) is 93.8 cm³/mol. The maximum Gasteiger partial charge on any atom is 0.157 e. The molecular formula is C19H21N3O. The lowest BCUT2D eigenvalue weighted by Crippen LogP contribution is -1.94. The second-order valence-corrected chi connectivity index (χ2v) is 5.58. The number of hydrogen-bond donors (Lipinski definition) is 2. The summed E-state index contributed by atoms with van der Waals surface area (Å²) in [6, 6.07) is 12.1. The van der Waals surface area contributed by atoms with Crippen LogP contribution in [0.2, 0.25) is 0 Å². The Morgan fingerprint density at radius 2 is 1.96 bits per heavy atom. The summed E-state index contributed by atoms with van der Waals surface area (Å²) < 4.78 is 0. The van der Waals surface area contributed by atoms with Gasteiger partial charge in [-0.15, -0.1) is 0 Å². The van der Waals surface area contributed by atoms with E-state index in [1.165, 1.54) is 0 Å². The highest BCUT2D eigenvalue weighted by molar-refractivity contribution is 5.78. The maximum absolute atomic E-state index is 9.59. The molecule has 0 saturated carbocycles. The van der Waals surface area contributed by atoms with Crippen LogP contribution in [0.5, 0.6) is 0 Å². The summed E-state index contributed by atoms with van der Waals surface area (Å²) in [6.07, 6.45) is 7.17. The molecule has 0 spiro atoms. The summed E-state index contributed by atoms with van der Waals surface area (Å²) >= 11 is 0. The molecule has 3 rings (SSSR count). The van der Waals surface area contributed by atoms with Gasteiger partial charge in [-0.25, -0.2) is 9.97 Å². The molecule has 0 aliphatic carbocycles. The van der Waals surface area contributed by atoms with Crippen molar-refractivity contribution in [2.45, 2.75) is 32.8 Å². The van der Waals surface area contributed by atoms with E-state index >= 15 is 0 Å². The Morgan fingerprint density at radius 3 is 2.70 bits per heavy atom. The Kier molecular flexibility index (Phi) is 4.83. The van der Waals surface area contributed by atoms with Crippen LogP contribution in [0.25, 0.3) is 23.3 Å². The van der Waals surface area contributed by atoms with E-state index in [0.717, 1.165) is 47.4 Å². The molecule has 2 aromatic heterocycles. The number of nitrogens with one attached hydrogen (secondary N) is 1. The number of benzene rings is 1. The molecular weight excluding hydrogens is 286 g/mol. The zero-order valence-electron chi connectivity index (χ0n) is 13.3. The molecule has 0 aliphatic heterocycles. The highest BCUT2D eigenvalue weighted by Gasteiger charge is 2.08. The minimum Gasteiger partial charge on any atom is -0.390 e. The van der Waals surface area contributed by atoms with Gasteiger partial charge in [0, 0.05) is 12.0 Å². The topological polar surface area (TPSA) is 61.8 Å². The molecule has 0 radical (unpaired) electrons. The number of H-pyrrole nitrogens is 1. The molecule has 0 atom stereocenters. The first-order valence-electron chi connectivity index (χ1n) is 8.02. The first-order chi connectivity index (χ1) is 11.3. The van der Waals surface area contributed by atoms with Gasteiger partial charge in [0.1, 0.15) is 11.3 Å². The van der Waals surface area contributed by atoms with Crippen molar-refractivity contribution in [3.05, 3.63) is 59.0 Å². The lowest BCUT2D eigenvalue weighted by atomic mass is 10.1. The van der Waals surface area contributed by atoms with Crippen molar-refractivity contribution in [1.29, 1.82) is 0 Å². The third-order valence-electron chi connectivity index (χ3n) is 3.80. The molecule has 0 amide bonds. The van der Waals surface area contributed by atoms with Crippen molar-refractivity contribution in [2.24, 2.45) is 0 Å². The van der Waals surface area contributed by atoms with E-state index in [1.807, 2.05) is 48.6 Å². The van der Waals surface area contributed by atoms with Gasteiger partial charge in [0.05, 0.1) is 12.3 Å². The number of nitrogens with zero attached hydrogens (tertiary/aromatic N) is 2. The molecule has 3 aromatic rings. The summed E-state index contributed by atoms with van der Waals surface area (Å²) in [5.74, 6) is 0.961. The Morgan fingerprint density at radius 1 is 1.13 bits per heavy atom. The first kappa shape index (κ1) is 15.4. The molecule has 4 heteroatoms. The van der Waals surface area contributed by atoms with Gasteiger partial charge < -0.3 is 10.1 Å². The molecule has 0 fully saturated rings. The number of aliphatic hydroxyl groups excluding tert-OH is 1. The van der Waals surface area contributed by atoms with Crippen LogP contribution in [-0.4, -0.2) is 20.1 Å². The minimum atomic E-state index is -0.0896. The number of aromatic amines is 1. The molecule has 0 unspecified atom stereocenters. The molecule has 0 aliphatic rings. The van der Waals surface area contributed by atoms with Crippen LogP contribution < -0.4 is 0 Å². The number of fused-ring (bicyclic) bond motifs is 1. The average Bonchev–Trinajstić information content (AvgIpc) is 2.99. The molecule has 2 heterocycles. The Hall–Kier alpha value is -2.46.